The second kappa shape index (κ2) is 7.82. The molecule has 0 saturated carbocycles. The zero-order valence-corrected chi connectivity index (χ0v) is 15.6. The molecule has 7 heteroatoms. The third-order valence-electron chi connectivity index (χ3n) is 4.41. The number of carboxylic acid groups (broad SMARTS) is 1. The van der Waals surface area contributed by atoms with Gasteiger partial charge in [0.2, 0.25) is 10.0 Å². The molecule has 1 aliphatic heterocycles. The fourth-order valence-electron chi connectivity index (χ4n) is 3.00. The number of carboxylic acids is 1. The molecular weight excluding hydrogens is 366 g/mol. The van der Waals surface area contributed by atoms with Crippen molar-refractivity contribution in [2.24, 2.45) is 0 Å². The average Bonchev–Trinajstić information content (AvgIpc) is 2.67. The molecule has 1 heterocycles. The zero-order chi connectivity index (χ0) is 19.4. The van der Waals surface area contributed by atoms with E-state index in [4.69, 9.17) is 4.74 Å². The first-order valence-corrected chi connectivity index (χ1v) is 9.81. The van der Waals surface area contributed by atoms with Crippen molar-refractivity contribution in [1.29, 1.82) is 0 Å². The van der Waals surface area contributed by atoms with Crippen LogP contribution in [0, 0.1) is 11.8 Å². The van der Waals surface area contributed by atoms with E-state index in [1.54, 1.807) is 6.92 Å². The van der Waals surface area contributed by atoms with E-state index in [-0.39, 0.29) is 24.5 Å². The van der Waals surface area contributed by atoms with Crippen molar-refractivity contribution in [1.82, 2.24) is 4.31 Å². The van der Waals surface area contributed by atoms with Gasteiger partial charge in [0.05, 0.1) is 4.90 Å². The number of benzene rings is 2. The van der Waals surface area contributed by atoms with Crippen molar-refractivity contribution < 1.29 is 23.1 Å². The molecule has 0 radical (unpaired) electrons. The largest absolute Gasteiger partial charge is 0.481 e. The van der Waals surface area contributed by atoms with E-state index in [0.717, 1.165) is 15.4 Å². The maximum Gasteiger partial charge on any atom is 0.322 e. The standard InChI is InChI=1S/C20H19NO5S/c1-2-3-12-26-17-8-10-18(11-9-17)27(24,25)21-14-16-7-5-4-6-15(16)13-19(21)20(22)23/h4-11,19H,12-14H2,1H3,(H,22,23). The normalized spacial score (nSPS) is 16.7. The summed E-state index contributed by atoms with van der Waals surface area (Å²) in [5.74, 6) is 4.80. The molecule has 1 atom stereocenters. The Morgan fingerprint density at radius 2 is 1.85 bits per heavy atom. The van der Waals surface area contributed by atoms with Gasteiger partial charge < -0.3 is 9.84 Å². The Morgan fingerprint density at radius 3 is 2.48 bits per heavy atom. The second-order valence-electron chi connectivity index (χ2n) is 6.06. The van der Waals surface area contributed by atoms with Gasteiger partial charge in [0.15, 0.2) is 0 Å². The van der Waals surface area contributed by atoms with Crippen molar-refractivity contribution in [2.45, 2.75) is 30.8 Å². The lowest BCUT2D eigenvalue weighted by Gasteiger charge is -2.33. The fraction of sp³-hybridized carbons (Fsp3) is 0.250. The van der Waals surface area contributed by atoms with Gasteiger partial charge in [-0.1, -0.05) is 30.2 Å². The summed E-state index contributed by atoms with van der Waals surface area (Å²) in [4.78, 5) is 11.7. The summed E-state index contributed by atoms with van der Waals surface area (Å²) >= 11 is 0. The van der Waals surface area contributed by atoms with Crippen molar-refractivity contribution in [3.63, 3.8) is 0 Å². The van der Waals surface area contributed by atoms with Gasteiger partial charge in [-0.2, -0.15) is 4.31 Å². The minimum atomic E-state index is -3.97. The predicted molar refractivity (Wildman–Crippen MR) is 99.7 cm³/mol. The van der Waals surface area contributed by atoms with Crippen LogP contribution in [0.25, 0.3) is 0 Å². The van der Waals surface area contributed by atoms with Crippen molar-refractivity contribution in [3.05, 3.63) is 59.7 Å². The molecule has 27 heavy (non-hydrogen) atoms. The summed E-state index contributed by atoms with van der Waals surface area (Å²) in [5.41, 5.74) is 1.67. The average molecular weight is 385 g/mol. The third-order valence-corrected chi connectivity index (χ3v) is 6.28. The van der Waals surface area contributed by atoms with Gasteiger partial charge in [-0.25, -0.2) is 8.42 Å². The number of ether oxygens (including phenoxy) is 1. The summed E-state index contributed by atoms with van der Waals surface area (Å²) < 4.78 is 32.6. The highest BCUT2D eigenvalue weighted by molar-refractivity contribution is 7.89. The first-order chi connectivity index (χ1) is 12.9. The smallest absolute Gasteiger partial charge is 0.322 e. The van der Waals surface area contributed by atoms with E-state index in [2.05, 4.69) is 11.8 Å². The lowest BCUT2D eigenvalue weighted by Crippen LogP contribution is -2.48. The first-order valence-electron chi connectivity index (χ1n) is 8.37. The van der Waals surface area contributed by atoms with Crippen LogP contribution < -0.4 is 4.74 Å². The van der Waals surface area contributed by atoms with Crippen LogP contribution in [0.4, 0.5) is 0 Å². The molecule has 1 aliphatic rings. The Balaban J connectivity index is 1.90. The Morgan fingerprint density at radius 1 is 1.19 bits per heavy atom. The summed E-state index contributed by atoms with van der Waals surface area (Å²) in [6, 6.07) is 12.1. The summed E-state index contributed by atoms with van der Waals surface area (Å²) in [7, 11) is -3.97. The van der Waals surface area contributed by atoms with Crippen molar-refractivity contribution >= 4 is 16.0 Å². The van der Waals surface area contributed by atoms with Crippen LogP contribution in [0.1, 0.15) is 18.1 Å². The van der Waals surface area contributed by atoms with Gasteiger partial charge in [0, 0.05) is 13.0 Å². The van der Waals surface area contributed by atoms with Gasteiger partial charge in [0.1, 0.15) is 18.4 Å². The van der Waals surface area contributed by atoms with E-state index in [1.165, 1.54) is 24.3 Å². The van der Waals surface area contributed by atoms with E-state index in [1.807, 2.05) is 24.3 Å². The molecule has 0 saturated heterocycles. The molecule has 0 spiro atoms. The monoisotopic (exact) mass is 385 g/mol. The molecule has 0 aromatic heterocycles. The number of fused-ring (bicyclic) bond motifs is 1. The lowest BCUT2D eigenvalue weighted by atomic mass is 9.96. The Hall–Kier alpha value is -2.82. The molecule has 6 nitrogen and oxygen atoms in total. The lowest BCUT2D eigenvalue weighted by molar-refractivity contribution is -0.141. The molecule has 140 valence electrons. The van der Waals surface area contributed by atoms with Crippen LogP contribution in [0.3, 0.4) is 0 Å². The first kappa shape index (κ1) is 19.0. The number of carbonyl (C=O) groups is 1. The number of aliphatic carboxylic acids is 1. The van der Waals surface area contributed by atoms with Crippen LogP contribution >= 0.6 is 0 Å². The third kappa shape index (κ3) is 3.97. The molecule has 0 amide bonds. The van der Waals surface area contributed by atoms with Crippen LogP contribution in [-0.2, 0) is 27.8 Å². The number of rotatable bonds is 5. The van der Waals surface area contributed by atoms with E-state index < -0.39 is 22.0 Å². The maximum atomic E-state index is 13.1. The van der Waals surface area contributed by atoms with Crippen LogP contribution in [0.15, 0.2) is 53.4 Å². The molecule has 0 bridgehead atoms. The second-order valence-corrected chi connectivity index (χ2v) is 7.95. The number of nitrogens with zero attached hydrogens (tertiary/aromatic N) is 1. The highest BCUT2D eigenvalue weighted by atomic mass is 32.2. The summed E-state index contributed by atoms with van der Waals surface area (Å²) in [6.45, 7) is 1.95. The van der Waals surface area contributed by atoms with Gasteiger partial charge in [-0.3, -0.25) is 4.79 Å². The van der Waals surface area contributed by atoms with Gasteiger partial charge in [0.25, 0.3) is 0 Å². The Kier molecular flexibility index (Phi) is 5.49. The van der Waals surface area contributed by atoms with E-state index >= 15 is 0 Å². The Labute approximate surface area is 158 Å². The molecule has 0 fully saturated rings. The summed E-state index contributed by atoms with van der Waals surface area (Å²) in [5, 5.41) is 9.57. The summed E-state index contributed by atoms with van der Waals surface area (Å²) in [6.07, 6.45) is 0.140. The SMILES string of the molecule is CC#CCOc1ccc(S(=O)(=O)N2Cc3ccccc3CC2C(=O)O)cc1. The zero-order valence-electron chi connectivity index (χ0n) is 14.8. The molecule has 0 aliphatic carbocycles. The predicted octanol–water partition coefficient (Wildman–Crippen LogP) is 2.29. The van der Waals surface area contributed by atoms with Crippen molar-refractivity contribution in [2.75, 3.05) is 6.61 Å². The quantitative estimate of drug-likeness (QED) is 0.799. The molecular formula is C20H19NO5S. The van der Waals surface area contributed by atoms with Crippen LogP contribution in [-0.4, -0.2) is 36.4 Å². The van der Waals surface area contributed by atoms with Gasteiger partial charge >= 0.3 is 5.97 Å². The van der Waals surface area contributed by atoms with Crippen LogP contribution in [0.2, 0.25) is 0 Å². The number of hydrogen-bond acceptors (Lipinski definition) is 4. The highest BCUT2D eigenvalue weighted by Crippen LogP contribution is 2.29. The minimum absolute atomic E-state index is 0.0276. The molecule has 2 aromatic carbocycles. The Bertz CT molecular complexity index is 1000. The molecule has 1 N–H and O–H groups in total. The number of hydrogen-bond donors (Lipinski definition) is 1. The fourth-order valence-corrected chi connectivity index (χ4v) is 4.56. The van der Waals surface area contributed by atoms with Gasteiger partial charge in [-0.05, 0) is 42.3 Å². The maximum absolute atomic E-state index is 13.1. The van der Waals surface area contributed by atoms with E-state index in [0.29, 0.717) is 5.75 Å². The highest BCUT2D eigenvalue weighted by Gasteiger charge is 2.39. The van der Waals surface area contributed by atoms with E-state index in [9.17, 15) is 18.3 Å². The topological polar surface area (TPSA) is 83.9 Å². The molecule has 2 aromatic rings. The van der Waals surface area contributed by atoms with Crippen LogP contribution in [0.5, 0.6) is 5.75 Å². The van der Waals surface area contributed by atoms with Gasteiger partial charge in [-0.15, -0.1) is 5.92 Å². The minimum Gasteiger partial charge on any atom is -0.481 e. The molecule has 1 unspecified atom stereocenters. The molecule has 3 rings (SSSR count). The number of sulfonamides is 1. The van der Waals surface area contributed by atoms with Crippen molar-refractivity contribution in [3.8, 4) is 17.6 Å².